The normalized spacial score (nSPS) is 22.9. The van der Waals surface area contributed by atoms with Crippen LogP contribution in [0.25, 0.3) is 0 Å². The number of carbonyl (C=O) groups is 2. The minimum atomic E-state index is -0.892. The summed E-state index contributed by atoms with van der Waals surface area (Å²) in [5.74, 6) is 0.582. The number of nitrogens with one attached hydrogen (secondary N) is 1. The Morgan fingerprint density at radius 3 is 2.59 bits per heavy atom. The van der Waals surface area contributed by atoms with Crippen LogP contribution in [0, 0.1) is 5.92 Å². The summed E-state index contributed by atoms with van der Waals surface area (Å²) in [7, 11) is 1.77. The highest BCUT2D eigenvalue weighted by molar-refractivity contribution is 7.99. The summed E-state index contributed by atoms with van der Waals surface area (Å²) in [6.45, 7) is 3.31. The van der Waals surface area contributed by atoms with E-state index >= 15 is 0 Å². The molecule has 1 fully saturated rings. The highest BCUT2D eigenvalue weighted by Gasteiger charge is 2.27. The lowest BCUT2D eigenvalue weighted by atomic mass is 10.0. The first kappa shape index (κ1) is 14.2. The molecule has 1 aliphatic heterocycles. The molecule has 3 unspecified atom stereocenters. The van der Waals surface area contributed by atoms with Gasteiger partial charge < -0.3 is 15.3 Å². The number of amides is 2. The number of thioether (sulfide) groups is 1. The van der Waals surface area contributed by atoms with Crippen LogP contribution in [0.4, 0.5) is 4.79 Å². The molecule has 3 atom stereocenters. The maximum atomic E-state index is 11.9. The Morgan fingerprint density at radius 2 is 2.12 bits per heavy atom. The highest BCUT2D eigenvalue weighted by atomic mass is 32.2. The quantitative estimate of drug-likeness (QED) is 0.798. The Kier molecular flexibility index (Phi) is 5.11. The van der Waals surface area contributed by atoms with Crippen molar-refractivity contribution >= 4 is 23.8 Å². The standard InChI is InChI=1S/C11H20N2O3S/c1-7(10(14)15)8(2)12-11(16)13(3)9-4-5-17-6-9/h7-9H,4-6H2,1-3H3,(H,12,16)(H,14,15). The lowest BCUT2D eigenvalue weighted by Gasteiger charge is -2.27. The molecule has 98 valence electrons. The van der Waals surface area contributed by atoms with E-state index in [1.54, 1.807) is 25.8 Å². The largest absolute Gasteiger partial charge is 0.481 e. The summed E-state index contributed by atoms with van der Waals surface area (Å²) >= 11 is 1.84. The molecule has 0 aromatic carbocycles. The van der Waals surface area contributed by atoms with E-state index in [0.717, 1.165) is 17.9 Å². The Balaban J connectivity index is 2.44. The van der Waals surface area contributed by atoms with Crippen molar-refractivity contribution in [1.82, 2.24) is 10.2 Å². The Morgan fingerprint density at radius 1 is 1.47 bits per heavy atom. The number of hydrogen-bond donors (Lipinski definition) is 2. The van der Waals surface area contributed by atoms with Gasteiger partial charge in [0.25, 0.3) is 0 Å². The summed E-state index contributed by atoms with van der Waals surface area (Å²) in [5.41, 5.74) is 0. The number of nitrogens with zero attached hydrogens (tertiary/aromatic N) is 1. The first-order valence-electron chi connectivity index (χ1n) is 5.77. The Bertz CT molecular complexity index is 292. The second-order valence-electron chi connectivity index (χ2n) is 4.49. The second-order valence-corrected chi connectivity index (χ2v) is 5.64. The lowest BCUT2D eigenvalue weighted by molar-refractivity contribution is -0.141. The molecule has 2 N–H and O–H groups in total. The van der Waals surface area contributed by atoms with E-state index in [2.05, 4.69) is 5.32 Å². The molecule has 6 heteroatoms. The van der Waals surface area contributed by atoms with Crippen LogP contribution in [-0.2, 0) is 4.79 Å². The van der Waals surface area contributed by atoms with Crippen molar-refractivity contribution in [1.29, 1.82) is 0 Å². The van der Waals surface area contributed by atoms with Crippen LogP contribution in [0.1, 0.15) is 20.3 Å². The van der Waals surface area contributed by atoms with Gasteiger partial charge in [0, 0.05) is 24.9 Å². The van der Waals surface area contributed by atoms with Gasteiger partial charge in [0.15, 0.2) is 0 Å². The lowest BCUT2D eigenvalue weighted by Crippen LogP contribution is -2.49. The molecular weight excluding hydrogens is 240 g/mol. The zero-order valence-corrected chi connectivity index (χ0v) is 11.3. The molecule has 17 heavy (non-hydrogen) atoms. The number of carbonyl (C=O) groups excluding carboxylic acids is 1. The first-order valence-corrected chi connectivity index (χ1v) is 6.92. The molecule has 2 amide bonds. The number of aliphatic carboxylic acids is 1. The molecule has 0 spiro atoms. The van der Waals surface area contributed by atoms with Gasteiger partial charge in [-0.3, -0.25) is 4.79 Å². The molecule has 0 saturated carbocycles. The van der Waals surface area contributed by atoms with Crippen LogP contribution >= 0.6 is 11.8 Å². The van der Waals surface area contributed by atoms with E-state index in [9.17, 15) is 9.59 Å². The predicted octanol–water partition coefficient (Wildman–Crippen LogP) is 1.24. The van der Waals surface area contributed by atoms with Crippen molar-refractivity contribution in [2.75, 3.05) is 18.6 Å². The van der Waals surface area contributed by atoms with E-state index in [-0.39, 0.29) is 18.1 Å². The third kappa shape index (κ3) is 3.80. The third-order valence-electron chi connectivity index (χ3n) is 3.26. The third-order valence-corrected chi connectivity index (χ3v) is 4.41. The average Bonchev–Trinajstić information content (AvgIpc) is 2.79. The van der Waals surface area contributed by atoms with Crippen LogP contribution in [0.15, 0.2) is 0 Å². The molecular formula is C11H20N2O3S. The maximum Gasteiger partial charge on any atom is 0.317 e. The summed E-state index contributed by atoms with van der Waals surface area (Å²) in [6, 6.07) is -0.276. The van der Waals surface area contributed by atoms with Gasteiger partial charge >= 0.3 is 12.0 Å². The molecule has 0 radical (unpaired) electrons. The molecule has 1 rings (SSSR count). The summed E-state index contributed by atoms with van der Waals surface area (Å²) in [6.07, 6.45) is 1.01. The number of urea groups is 1. The minimum absolute atomic E-state index is 0.182. The molecule has 1 saturated heterocycles. The molecule has 0 aromatic heterocycles. The van der Waals surface area contributed by atoms with Gasteiger partial charge in [-0.2, -0.15) is 11.8 Å². The average molecular weight is 260 g/mol. The number of carboxylic acid groups (broad SMARTS) is 1. The smallest absolute Gasteiger partial charge is 0.317 e. The Labute approximate surface area is 106 Å². The van der Waals surface area contributed by atoms with Crippen LogP contribution < -0.4 is 5.32 Å². The zero-order valence-electron chi connectivity index (χ0n) is 10.5. The zero-order chi connectivity index (χ0) is 13.0. The summed E-state index contributed by atoms with van der Waals surface area (Å²) in [4.78, 5) is 24.3. The van der Waals surface area contributed by atoms with Gasteiger partial charge in [0.05, 0.1) is 5.92 Å². The van der Waals surface area contributed by atoms with E-state index < -0.39 is 11.9 Å². The van der Waals surface area contributed by atoms with Gasteiger partial charge in [-0.25, -0.2) is 4.79 Å². The van der Waals surface area contributed by atoms with Crippen molar-refractivity contribution in [3.63, 3.8) is 0 Å². The molecule has 1 aliphatic rings. The van der Waals surface area contributed by atoms with Crippen LogP contribution in [-0.4, -0.2) is 52.6 Å². The van der Waals surface area contributed by atoms with Crippen LogP contribution in [0.2, 0.25) is 0 Å². The fourth-order valence-electron chi connectivity index (χ4n) is 1.63. The van der Waals surface area contributed by atoms with Crippen molar-refractivity contribution < 1.29 is 14.7 Å². The van der Waals surface area contributed by atoms with Gasteiger partial charge in [-0.15, -0.1) is 0 Å². The fraction of sp³-hybridized carbons (Fsp3) is 0.818. The topological polar surface area (TPSA) is 69.6 Å². The van der Waals surface area contributed by atoms with Gasteiger partial charge in [-0.05, 0) is 26.0 Å². The van der Waals surface area contributed by atoms with E-state index in [1.807, 2.05) is 11.8 Å². The van der Waals surface area contributed by atoms with Gasteiger partial charge in [-0.1, -0.05) is 0 Å². The number of hydrogen-bond acceptors (Lipinski definition) is 3. The predicted molar refractivity (Wildman–Crippen MR) is 68.3 cm³/mol. The summed E-state index contributed by atoms with van der Waals surface area (Å²) in [5, 5.41) is 11.6. The van der Waals surface area contributed by atoms with Crippen molar-refractivity contribution in [3.05, 3.63) is 0 Å². The summed E-state index contributed by atoms with van der Waals surface area (Å²) < 4.78 is 0. The Hall–Kier alpha value is -0.910. The molecule has 0 aliphatic carbocycles. The van der Waals surface area contributed by atoms with Gasteiger partial charge in [0.1, 0.15) is 0 Å². The fourth-order valence-corrected chi connectivity index (χ4v) is 2.90. The van der Waals surface area contributed by atoms with E-state index in [1.165, 1.54) is 0 Å². The van der Waals surface area contributed by atoms with E-state index in [0.29, 0.717) is 0 Å². The van der Waals surface area contributed by atoms with Crippen molar-refractivity contribution in [2.45, 2.75) is 32.4 Å². The second kappa shape index (κ2) is 6.14. The monoisotopic (exact) mass is 260 g/mol. The minimum Gasteiger partial charge on any atom is -0.481 e. The highest BCUT2D eigenvalue weighted by Crippen LogP contribution is 2.21. The SMILES string of the molecule is CC(NC(=O)N(C)C1CCSC1)C(C)C(=O)O. The molecule has 0 aromatic rings. The van der Waals surface area contributed by atoms with Crippen molar-refractivity contribution in [3.8, 4) is 0 Å². The van der Waals surface area contributed by atoms with Crippen molar-refractivity contribution in [2.24, 2.45) is 5.92 Å². The van der Waals surface area contributed by atoms with Crippen LogP contribution in [0.3, 0.4) is 0 Å². The van der Waals surface area contributed by atoms with Crippen LogP contribution in [0.5, 0.6) is 0 Å². The first-order chi connectivity index (χ1) is 7.93. The van der Waals surface area contributed by atoms with E-state index in [4.69, 9.17) is 5.11 Å². The number of carboxylic acids is 1. The molecule has 5 nitrogen and oxygen atoms in total. The maximum absolute atomic E-state index is 11.9. The molecule has 1 heterocycles. The van der Waals surface area contributed by atoms with Gasteiger partial charge in [0.2, 0.25) is 0 Å². The molecule has 0 bridgehead atoms. The number of rotatable bonds is 4.